The molecule has 0 amide bonds. The van der Waals surface area contributed by atoms with Crippen LogP contribution in [-0.2, 0) is 6.42 Å². The monoisotopic (exact) mass is 418 g/mol. The number of aromatic amines is 1. The first-order valence-corrected chi connectivity index (χ1v) is 7.44. The molecule has 0 saturated heterocycles. The molecule has 0 unspecified atom stereocenters. The number of guanidine groups is 1. The van der Waals surface area contributed by atoms with E-state index in [2.05, 4.69) is 27.5 Å². The minimum Gasteiger partial charge on any atom is -0.361 e. The number of halogens is 2. The predicted molar refractivity (Wildman–Crippen MR) is 102 cm³/mol. The number of nitrogens with zero attached hydrogens (tertiary/aromatic N) is 1. The normalized spacial score (nSPS) is 11.3. The van der Waals surface area contributed by atoms with E-state index in [1.807, 2.05) is 6.20 Å². The molecule has 0 fully saturated rings. The van der Waals surface area contributed by atoms with Crippen molar-refractivity contribution in [3.8, 4) is 0 Å². The van der Waals surface area contributed by atoms with Gasteiger partial charge in [0.25, 0.3) is 0 Å². The van der Waals surface area contributed by atoms with Crippen molar-refractivity contribution in [1.29, 1.82) is 0 Å². The third kappa shape index (κ3) is 5.15. The SMILES string of the molecule is CCCCNC(=NC)NCCc1c[nH]c2ccc(F)cc12.I. The van der Waals surface area contributed by atoms with Crippen LogP contribution in [0.1, 0.15) is 25.3 Å². The van der Waals surface area contributed by atoms with Crippen LogP contribution in [0, 0.1) is 5.82 Å². The average molecular weight is 418 g/mol. The lowest BCUT2D eigenvalue weighted by molar-refractivity contribution is 0.629. The van der Waals surface area contributed by atoms with Crippen molar-refractivity contribution in [3.63, 3.8) is 0 Å². The number of H-pyrrole nitrogens is 1. The van der Waals surface area contributed by atoms with Crippen LogP contribution in [0.4, 0.5) is 4.39 Å². The maximum atomic E-state index is 13.3. The second kappa shape index (κ2) is 9.66. The van der Waals surface area contributed by atoms with E-state index >= 15 is 0 Å². The van der Waals surface area contributed by atoms with Crippen molar-refractivity contribution in [2.24, 2.45) is 4.99 Å². The van der Waals surface area contributed by atoms with Crippen molar-refractivity contribution < 1.29 is 4.39 Å². The standard InChI is InChI=1S/C16H23FN4.HI/c1-3-4-8-19-16(18-2)20-9-7-12-11-21-15-6-5-13(17)10-14(12)15;/h5-6,10-11,21H,3-4,7-9H2,1-2H3,(H2,18,19,20);1H. The van der Waals surface area contributed by atoms with Gasteiger partial charge in [-0.3, -0.25) is 4.99 Å². The van der Waals surface area contributed by atoms with Crippen molar-refractivity contribution in [2.45, 2.75) is 26.2 Å². The van der Waals surface area contributed by atoms with E-state index in [9.17, 15) is 4.39 Å². The number of hydrogen-bond acceptors (Lipinski definition) is 1. The molecule has 0 spiro atoms. The van der Waals surface area contributed by atoms with Crippen LogP contribution in [0.3, 0.4) is 0 Å². The summed E-state index contributed by atoms with van der Waals surface area (Å²) in [5.41, 5.74) is 2.08. The third-order valence-corrected chi connectivity index (χ3v) is 3.46. The highest BCUT2D eigenvalue weighted by Crippen LogP contribution is 2.19. The number of hydrogen-bond donors (Lipinski definition) is 3. The quantitative estimate of drug-likeness (QED) is 0.292. The van der Waals surface area contributed by atoms with Gasteiger partial charge in [-0.15, -0.1) is 24.0 Å². The zero-order chi connectivity index (χ0) is 15.1. The van der Waals surface area contributed by atoms with Crippen LogP contribution in [0.15, 0.2) is 29.4 Å². The fourth-order valence-corrected chi connectivity index (χ4v) is 2.28. The zero-order valence-corrected chi connectivity index (χ0v) is 15.4. The Morgan fingerprint density at radius 1 is 1.27 bits per heavy atom. The summed E-state index contributed by atoms with van der Waals surface area (Å²) < 4.78 is 13.3. The van der Waals surface area contributed by atoms with Gasteiger partial charge in [0.1, 0.15) is 5.82 Å². The van der Waals surface area contributed by atoms with Gasteiger partial charge in [-0.25, -0.2) is 4.39 Å². The van der Waals surface area contributed by atoms with Crippen molar-refractivity contribution in [1.82, 2.24) is 15.6 Å². The van der Waals surface area contributed by atoms with Gasteiger partial charge in [0.15, 0.2) is 5.96 Å². The molecule has 22 heavy (non-hydrogen) atoms. The molecule has 122 valence electrons. The minimum absolute atomic E-state index is 0. The predicted octanol–water partition coefficient (Wildman–Crippen LogP) is 3.43. The highest BCUT2D eigenvalue weighted by atomic mass is 127. The van der Waals surface area contributed by atoms with E-state index < -0.39 is 0 Å². The van der Waals surface area contributed by atoms with Crippen molar-refractivity contribution >= 4 is 40.8 Å². The fourth-order valence-electron chi connectivity index (χ4n) is 2.28. The van der Waals surface area contributed by atoms with Crippen LogP contribution in [0.25, 0.3) is 10.9 Å². The van der Waals surface area contributed by atoms with Gasteiger partial charge < -0.3 is 15.6 Å². The van der Waals surface area contributed by atoms with E-state index in [-0.39, 0.29) is 29.8 Å². The van der Waals surface area contributed by atoms with Gasteiger partial charge in [-0.1, -0.05) is 13.3 Å². The van der Waals surface area contributed by atoms with Crippen LogP contribution in [-0.4, -0.2) is 31.1 Å². The molecule has 2 aromatic rings. The van der Waals surface area contributed by atoms with Gasteiger partial charge in [-0.05, 0) is 36.6 Å². The van der Waals surface area contributed by atoms with E-state index in [1.165, 1.54) is 6.07 Å². The Kier molecular flexibility index (Phi) is 8.22. The maximum Gasteiger partial charge on any atom is 0.190 e. The lowest BCUT2D eigenvalue weighted by Gasteiger charge is -2.11. The van der Waals surface area contributed by atoms with Crippen LogP contribution >= 0.6 is 24.0 Å². The van der Waals surface area contributed by atoms with E-state index in [0.717, 1.165) is 54.8 Å². The first-order chi connectivity index (χ1) is 10.2. The Hall–Kier alpha value is -1.31. The topological polar surface area (TPSA) is 52.2 Å². The number of rotatable bonds is 6. The van der Waals surface area contributed by atoms with Gasteiger partial charge in [-0.2, -0.15) is 0 Å². The molecule has 0 aliphatic carbocycles. The molecule has 0 saturated carbocycles. The molecule has 2 rings (SSSR count). The van der Waals surface area contributed by atoms with Crippen LogP contribution in [0.2, 0.25) is 0 Å². The summed E-state index contributed by atoms with van der Waals surface area (Å²) in [6.07, 6.45) is 5.05. The highest BCUT2D eigenvalue weighted by Gasteiger charge is 2.05. The molecule has 3 N–H and O–H groups in total. The number of aliphatic imine (C=N–C) groups is 1. The first kappa shape index (κ1) is 18.7. The number of aromatic nitrogens is 1. The molecule has 0 bridgehead atoms. The smallest absolute Gasteiger partial charge is 0.190 e. The van der Waals surface area contributed by atoms with E-state index in [4.69, 9.17) is 0 Å². The van der Waals surface area contributed by atoms with Gasteiger partial charge >= 0.3 is 0 Å². The Labute approximate surface area is 148 Å². The molecular formula is C16H24FIN4. The van der Waals surface area contributed by atoms with E-state index in [1.54, 1.807) is 19.2 Å². The Balaban J connectivity index is 0.00000242. The van der Waals surface area contributed by atoms with Gasteiger partial charge in [0.2, 0.25) is 0 Å². The largest absolute Gasteiger partial charge is 0.361 e. The number of unbranched alkanes of at least 4 members (excludes halogenated alkanes) is 1. The molecule has 1 aromatic carbocycles. The molecule has 4 nitrogen and oxygen atoms in total. The lowest BCUT2D eigenvalue weighted by Crippen LogP contribution is -2.38. The molecule has 0 radical (unpaired) electrons. The molecule has 6 heteroatoms. The van der Waals surface area contributed by atoms with Crippen molar-refractivity contribution in [3.05, 3.63) is 35.8 Å². The van der Waals surface area contributed by atoms with Crippen LogP contribution < -0.4 is 10.6 Å². The van der Waals surface area contributed by atoms with E-state index in [0.29, 0.717) is 0 Å². The van der Waals surface area contributed by atoms with Gasteiger partial charge in [0, 0.05) is 37.2 Å². The Morgan fingerprint density at radius 2 is 2.05 bits per heavy atom. The average Bonchev–Trinajstić information content (AvgIpc) is 2.88. The molecule has 0 aliphatic rings. The van der Waals surface area contributed by atoms with Crippen LogP contribution in [0.5, 0.6) is 0 Å². The zero-order valence-electron chi connectivity index (χ0n) is 13.1. The summed E-state index contributed by atoms with van der Waals surface area (Å²) in [6.45, 7) is 3.84. The lowest BCUT2D eigenvalue weighted by atomic mass is 10.1. The summed E-state index contributed by atoms with van der Waals surface area (Å²) in [6, 6.07) is 4.82. The minimum atomic E-state index is -0.201. The second-order valence-corrected chi connectivity index (χ2v) is 5.03. The third-order valence-electron chi connectivity index (χ3n) is 3.46. The summed E-state index contributed by atoms with van der Waals surface area (Å²) in [5.74, 6) is 0.614. The van der Waals surface area contributed by atoms with Crippen molar-refractivity contribution in [2.75, 3.05) is 20.1 Å². The first-order valence-electron chi connectivity index (χ1n) is 7.44. The molecule has 1 heterocycles. The summed E-state index contributed by atoms with van der Waals surface area (Å²) in [4.78, 5) is 7.35. The summed E-state index contributed by atoms with van der Waals surface area (Å²) >= 11 is 0. The fraction of sp³-hybridized carbons (Fsp3) is 0.438. The Morgan fingerprint density at radius 3 is 2.77 bits per heavy atom. The molecule has 0 atom stereocenters. The Bertz CT molecular complexity index is 609. The molecular weight excluding hydrogens is 394 g/mol. The molecule has 1 aromatic heterocycles. The number of nitrogens with one attached hydrogen (secondary N) is 3. The summed E-state index contributed by atoms with van der Waals surface area (Å²) in [5, 5.41) is 7.49. The second-order valence-electron chi connectivity index (χ2n) is 5.03. The number of benzene rings is 1. The number of fused-ring (bicyclic) bond motifs is 1. The van der Waals surface area contributed by atoms with Gasteiger partial charge in [0.05, 0.1) is 0 Å². The molecule has 0 aliphatic heterocycles. The maximum absolute atomic E-state index is 13.3. The highest BCUT2D eigenvalue weighted by molar-refractivity contribution is 14.0. The summed E-state index contributed by atoms with van der Waals surface area (Å²) in [7, 11) is 1.77.